The number of aliphatic hydroxyl groups excluding tert-OH is 1. The SMILES string of the molecule is Cl.O=C(N[C@@H]1CCNC[C@H]1O)c1ccccc1S(=O)(=O)Cc1ccccc1. The molecule has 1 saturated heterocycles. The molecule has 0 aromatic heterocycles. The monoisotopic (exact) mass is 410 g/mol. The Hall–Kier alpha value is -1.93. The highest BCUT2D eigenvalue weighted by molar-refractivity contribution is 7.90. The molecule has 146 valence electrons. The molecular weight excluding hydrogens is 388 g/mol. The van der Waals surface area contributed by atoms with Gasteiger partial charge in [-0.15, -0.1) is 12.4 Å². The van der Waals surface area contributed by atoms with Gasteiger partial charge >= 0.3 is 0 Å². The molecule has 0 aliphatic carbocycles. The smallest absolute Gasteiger partial charge is 0.252 e. The van der Waals surface area contributed by atoms with Gasteiger partial charge in [-0.2, -0.15) is 0 Å². The number of amides is 1. The van der Waals surface area contributed by atoms with Crippen LogP contribution in [0.25, 0.3) is 0 Å². The molecule has 0 radical (unpaired) electrons. The molecule has 3 N–H and O–H groups in total. The maximum Gasteiger partial charge on any atom is 0.252 e. The summed E-state index contributed by atoms with van der Waals surface area (Å²) in [5.41, 5.74) is 0.769. The Labute approximate surface area is 165 Å². The van der Waals surface area contributed by atoms with Crippen LogP contribution in [-0.2, 0) is 15.6 Å². The molecule has 1 aliphatic rings. The molecule has 0 spiro atoms. The van der Waals surface area contributed by atoms with Crippen molar-refractivity contribution in [3.05, 3.63) is 65.7 Å². The summed E-state index contributed by atoms with van der Waals surface area (Å²) in [6, 6.07) is 14.7. The molecule has 1 fully saturated rings. The molecule has 1 heterocycles. The number of carbonyl (C=O) groups excluding carboxylic acids is 1. The summed E-state index contributed by atoms with van der Waals surface area (Å²) in [5, 5.41) is 15.8. The van der Waals surface area contributed by atoms with E-state index in [1.165, 1.54) is 12.1 Å². The Morgan fingerprint density at radius 1 is 1.11 bits per heavy atom. The molecule has 8 heteroatoms. The molecule has 2 atom stereocenters. The van der Waals surface area contributed by atoms with Crippen LogP contribution in [0.3, 0.4) is 0 Å². The Morgan fingerprint density at radius 2 is 1.78 bits per heavy atom. The first-order valence-corrected chi connectivity index (χ1v) is 10.2. The minimum absolute atomic E-state index is 0. The molecule has 1 amide bonds. The average Bonchev–Trinajstić information content (AvgIpc) is 2.64. The van der Waals surface area contributed by atoms with Crippen LogP contribution in [0.2, 0.25) is 0 Å². The number of piperidine rings is 1. The zero-order valence-electron chi connectivity index (χ0n) is 14.7. The summed E-state index contributed by atoms with van der Waals surface area (Å²) < 4.78 is 25.7. The molecule has 1 aliphatic heterocycles. The average molecular weight is 411 g/mol. The molecule has 27 heavy (non-hydrogen) atoms. The van der Waals surface area contributed by atoms with Crippen molar-refractivity contribution in [3.63, 3.8) is 0 Å². The van der Waals surface area contributed by atoms with Gasteiger partial charge in [-0.3, -0.25) is 4.79 Å². The van der Waals surface area contributed by atoms with Gasteiger partial charge in [0.2, 0.25) is 0 Å². The third-order valence-electron chi connectivity index (χ3n) is 4.43. The van der Waals surface area contributed by atoms with E-state index >= 15 is 0 Å². The number of β-amino-alcohol motifs (C(OH)–C–C–N with tert-alkyl or cyclic N) is 1. The highest BCUT2D eigenvalue weighted by Crippen LogP contribution is 2.21. The standard InChI is InChI=1S/C19H22N2O4S.ClH/c22-17-12-20-11-10-16(17)21-19(23)15-8-4-5-9-18(15)26(24,25)13-14-6-2-1-3-7-14;/h1-9,16-17,20,22H,10-13H2,(H,21,23);1H/t16-,17-;/m1./s1. The van der Waals surface area contributed by atoms with Crippen molar-refractivity contribution >= 4 is 28.2 Å². The molecule has 2 aromatic carbocycles. The minimum atomic E-state index is -3.68. The summed E-state index contributed by atoms with van der Waals surface area (Å²) in [6.07, 6.45) is -0.105. The lowest BCUT2D eigenvalue weighted by molar-refractivity contribution is 0.0762. The number of nitrogens with one attached hydrogen (secondary N) is 2. The predicted octanol–water partition coefficient (Wildman–Crippen LogP) is 1.53. The molecule has 0 unspecified atom stereocenters. The highest BCUT2D eigenvalue weighted by atomic mass is 35.5. The zero-order chi connectivity index (χ0) is 18.6. The normalized spacial score (nSPS) is 19.7. The van der Waals surface area contributed by atoms with Crippen LogP contribution in [0.15, 0.2) is 59.5 Å². The van der Waals surface area contributed by atoms with Crippen LogP contribution in [0, 0.1) is 0 Å². The highest BCUT2D eigenvalue weighted by Gasteiger charge is 2.27. The number of carbonyl (C=O) groups is 1. The van der Waals surface area contributed by atoms with Crippen molar-refractivity contribution in [1.29, 1.82) is 0 Å². The topological polar surface area (TPSA) is 95.5 Å². The van der Waals surface area contributed by atoms with E-state index in [-0.39, 0.29) is 28.6 Å². The van der Waals surface area contributed by atoms with Gasteiger partial charge in [-0.05, 0) is 30.7 Å². The molecular formula is C19H23ClN2O4S. The van der Waals surface area contributed by atoms with E-state index in [0.717, 1.165) is 0 Å². The molecule has 6 nitrogen and oxygen atoms in total. The lowest BCUT2D eigenvalue weighted by Crippen LogP contribution is -2.52. The van der Waals surface area contributed by atoms with E-state index < -0.39 is 27.9 Å². The fourth-order valence-corrected chi connectivity index (χ4v) is 4.62. The van der Waals surface area contributed by atoms with Crippen LogP contribution in [0.4, 0.5) is 0 Å². The Kier molecular flexibility index (Phi) is 7.38. The number of sulfone groups is 1. The van der Waals surface area contributed by atoms with Gasteiger partial charge < -0.3 is 15.7 Å². The van der Waals surface area contributed by atoms with E-state index in [9.17, 15) is 18.3 Å². The van der Waals surface area contributed by atoms with Crippen LogP contribution in [-0.4, -0.2) is 44.7 Å². The van der Waals surface area contributed by atoms with Crippen LogP contribution in [0.5, 0.6) is 0 Å². The number of rotatable bonds is 5. The van der Waals surface area contributed by atoms with Crippen molar-refractivity contribution < 1.29 is 18.3 Å². The van der Waals surface area contributed by atoms with Crippen LogP contribution in [0.1, 0.15) is 22.3 Å². The van der Waals surface area contributed by atoms with E-state index in [0.29, 0.717) is 25.1 Å². The van der Waals surface area contributed by atoms with Gasteiger partial charge in [0.05, 0.1) is 28.4 Å². The van der Waals surface area contributed by atoms with Crippen molar-refractivity contribution in [1.82, 2.24) is 10.6 Å². The number of halogens is 1. The fourth-order valence-electron chi connectivity index (χ4n) is 3.05. The van der Waals surface area contributed by atoms with Gasteiger partial charge in [-0.25, -0.2) is 8.42 Å². The maximum atomic E-state index is 12.8. The Balaban J connectivity index is 0.00000261. The number of hydrogen-bond acceptors (Lipinski definition) is 5. The number of benzene rings is 2. The van der Waals surface area contributed by atoms with Gasteiger partial charge in [-0.1, -0.05) is 42.5 Å². The van der Waals surface area contributed by atoms with Crippen LogP contribution < -0.4 is 10.6 Å². The third kappa shape index (κ3) is 5.29. The van der Waals surface area contributed by atoms with Gasteiger partial charge in [0.25, 0.3) is 5.91 Å². The first-order chi connectivity index (χ1) is 12.5. The Morgan fingerprint density at radius 3 is 2.48 bits per heavy atom. The number of hydrogen-bond donors (Lipinski definition) is 3. The minimum Gasteiger partial charge on any atom is -0.390 e. The molecule has 3 rings (SSSR count). The molecule has 0 saturated carbocycles. The van der Waals surface area contributed by atoms with Gasteiger partial charge in [0.1, 0.15) is 0 Å². The maximum absolute atomic E-state index is 12.8. The van der Waals surface area contributed by atoms with Crippen molar-refractivity contribution in [2.75, 3.05) is 13.1 Å². The summed E-state index contributed by atoms with van der Waals surface area (Å²) in [4.78, 5) is 12.7. The predicted molar refractivity (Wildman–Crippen MR) is 106 cm³/mol. The van der Waals surface area contributed by atoms with Crippen molar-refractivity contribution in [2.24, 2.45) is 0 Å². The van der Waals surface area contributed by atoms with Gasteiger partial charge in [0, 0.05) is 6.54 Å². The van der Waals surface area contributed by atoms with E-state index in [2.05, 4.69) is 10.6 Å². The first kappa shape index (κ1) is 21.4. The second-order valence-corrected chi connectivity index (χ2v) is 8.34. The quantitative estimate of drug-likeness (QED) is 0.694. The third-order valence-corrected chi connectivity index (χ3v) is 6.17. The second-order valence-electron chi connectivity index (χ2n) is 6.38. The number of aliphatic hydroxyl groups is 1. The zero-order valence-corrected chi connectivity index (χ0v) is 16.3. The van der Waals surface area contributed by atoms with Gasteiger partial charge in [0.15, 0.2) is 9.84 Å². The van der Waals surface area contributed by atoms with Crippen molar-refractivity contribution in [3.8, 4) is 0 Å². The summed E-state index contributed by atoms with van der Waals surface area (Å²) >= 11 is 0. The summed E-state index contributed by atoms with van der Waals surface area (Å²) in [6.45, 7) is 1.09. The molecule has 2 aromatic rings. The lowest BCUT2D eigenvalue weighted by atomic mass is 10.0. The van der Waals surface area contributed by atoms with E-state index in [4.69, 9.17) is 0 Å². The summed E-state index contributed by atoms with van der Waals surface area (Å²) in [7, 11) is -3.68. The van der Waals surface area contributed by atoms with Crippen molar-refractivity contribution in [2.45, 2.75) is 29.2 Å². The van der Waals surface area contributed by atoms with Crippen LogP contribution >= 0.6 is 12.4 Å². The lowest BCUT2D eigenvalue weighted by Gasteiger charge is -2.29. The second kappa shape index (κ2) is 9.32. The molecule has 0 bridgehead atoms. The largest absolute Gasteiger partial charge is 0.390 e. The fraction of sp³-hybridized carbons (Fsp3) is 0.316. The van der Waals surface area contributed by atoms with E-state index in [1.807, 2.05) is 6.07 Å². The first-order valence-electron chi connectivity index (χ1n) is 8.53. The Bertz CT molecular complexity index is 874. The summed E-state index contributed by atoms with van der Waals surface area (Å²) in [5.74, 6) is -0.656. The van der Waals surface area contributed by atoms with E-state index in [1.54, 1.807) is 36.4 Å².